The van der Waals surface area contributed by atoms with Crippen LogP contribution in [-0.2, 0) is 16.1 Å². The highest BCUT2D eigenvalue weighted by Crippen LogP contribution is 2.41. The lowest BCUT2D eigenvalue weighted by molar-refractivity contribution is 0.156. The van der Waals surface area contributed by atoms with E-state index in [2.05, 4.69) is 6.07 Å². The Labute approximate surface area is 183 Å². The second-order valence-electron chi connectivity index (χ2n) is 8.13. The molecule has 1 aliphatic heterocycles. The summed E-state index contributed by atoms with van der Waals surface area (Å²) >= 11 is 6.20. The van der Waals surface area contributed by atoms with Crippen molar-refractivity contribution in [2.45, 2.75) is 42.0 Å². The maximum absolute atomic E-state index is 13.1. The van der Waals surface area contributed by atoms with E-state index in [9.17, 15) is 13.2 Å². The number of nitrogens with zero attached hydrogens (tertiary/aromatic N) is 2. The molecule has 6 nitrogen and oxygen atoms in total. The maximum atomic E-state index is 13.1. The summed E-state index contributed by atoms with van der Waals surface area (Å²) in [7, 11) is -2.67. The molecule has 1 saturated carbocycles. The van der Waals surface area contributed by atoms with Gasteiger partial charge in [0.1, 0.15) is 0 Å². The largest absolute Gasteiger partial charge is 0.330 e. The number of carbonyl (C=O) groups excluding carboxylic acids is 1. The highest BCUT2D eigenvalue weighted by atomic mass is 35.5. The standard InChI is InChI=1S/C22H26ClN3O3S/c23-17-4-1-3-16(13-17)22(15-24)9-7-18(8-10-22)25-11-12-26(21(25)27)19-5-2-6-20(14-19)30(28)29/h1-6,13-14,18,30H,7-12,15,24H2. The van der Waals surface area contributed by atoms with Crippen molar-refractivity contribution in [3.05, 3.63) is 59.1 Å². The number of rotatable bonds is 5. The molecule has 4 rings (SSSR count). The lowest BCUT2D eigenvalue weighted by Gasteiger charge is -2.42. The highest BCUT2D eigenvalue weighted by molar-refractivity contribution is 7.72. The van der Waals surface area contributed by atoms with Gasteiger partial charge < -0.3 is 10.6 Å². The van der Waals surface area contributed by atoms with E-state index in [1.807, 2.05) is 23.1 Å². The van der Waals surface area contributed by atoms with E-state index in [1.165, 1.54) is 11.6 Å². The van der Waals surface area contributed by atoms with Crippen molar-refractivity contribution in [3.8, 4) is 0 Å². The molecular weight excluding hydrogens is 422 g/mol. The lowest BCUT2D eigenvalue weighted by Crippen LogP contribution is -2.46. The molecule has 1 saturated heterocycles. The van der Waals surface area contributed by atoms with E-state index in [1.54, 1.807) is 23.1 Å². The molecular formula is C22H26ClN3O3S. The number of thiol groups is 1. The van der Waals surface area contributed by atoms with Gasteiger partial charge in [-0.3, -0.25) is 4.90 Å². The van der Waals surface area contributed by atoms with Crippen molar-refractivity contribution in [3.63, 3.8) is 0 Å². The number of hydrogen-bond acceptors (Lipinski definition) is 4. The molecule has 2 aromatic rings. The molecule has 8 heteroatoms. The molecule has 2 amide bonds. The fourth-order valence-electron chi connectivity index (χ4n) is 4.80. The Hall–Kier alpha value is -2.09. The number of anilines is 1. The zero-order valence-corrected chi connectivity index (χ0v) is 18.3. The Balaban J connectivity index is 1.47. The average molecular weight is 448 g/mol. The first-order valence-electron chi connectivity index (χ1n) is 10.2. The van der Waals surface area contributed by atoms with Crippen LogP contribution in [0.25, 0.3) is 0 Å². The van der Waals surface area contributed by atoms with Crippen LogP contribution >= 0.6 is 11.6 Å². The zero-order chi connectivity index (χ0) is 21.3. The minimum atomic E-state index is -2.67. The quantitative estimate of drug-likeness (QED) is 0.688. The molecule has 2 N–H and O–H groups in total. The molecule has 2 aromatic carbocycles. The Morgan fingerprint density at radius 2 is 1.80 bits per heavy atom. The normalized spacial score (nSPS) is 24.6. The monoisotopic (exact) mass is 447 g/mol. The van der Waals surface area contributed by atoms with Crippen LogP contribution in [0.1, 0.15) is 31.2 Å². The second kappa shape index (κ2) is 8.57. The fourth-order valence-corrected chi connectivity index (χ4v) is 5.44. The van der Waals surface area contributed by atoms with Crippen molar-refractivity contribution < 1.29 is 13.2 Å². The summed E-state index contributed by atoms with van der Waals surface area (Å²) in [5.74, 6) is 0. The maximum Gasteiger partial charge on any atom is 0.324 e. The van der Waals surface area contributed by atoms with Crippen LogP contribution in [0.15, 0.2) is 53.4 Å². The van der Waals surface area contributed by atoms with Crippen LogP contribution in [0.3, 0.4) is 0 Å². The van der Waals surface area contributed by atoms with Crippen molar-refractivity contribution in [1.29, 1.82) is 0 Å². The predicted octanol–water partition coefficient (Wildman–Crippen LogP) is 3.39. The van der Waals surface area contributed by atoms with Crippen molar-refractivity contribution in [2.75, 3.05) is 24.5 Å². The predicted molar refractivity (Wildman–Crippen MR) is 119 cm³/mol. The molecule has 30 heavy (non-hydrogen) atoms. The molecule has 0 spiro atoms. The van der Waals surface area contributed by atoms with Gasteiger partial charge in [0.15, 0.2) is 10.7 Å². The number of urea groups is 1. The number of carbonyl (C=O) groups is 1. The van der Waals surface area contributed by atoms with E-state index < -0.39 is 10.7 Å². The van der Waals surface area contributed by atoms with Gasteiger partial charge in [-0.1, -0.05) is 29.8 Å². The van der Waals surface area contributed by atoms with Crippen LogP contribution in [0.5, 0.6) is 0 Å². The summed E-state index contributed by atoms with van der Waals surface area (Å²) < 4.78 is 22.6. The van der Waals surface area contributed by atoms with Gasteiger partial charge in [0, 0.05) is 41.8 Å². The van der Waals surface area contributed by atoms with E-state index in [0.29, 0.717) is 25.3 Å². The fraction of sp³-hybridized carbons (Fsp3) is 0.409. The molecule has 160 valence electrons. The van der Waals surface area contributed by atoms with Crippen molar-refractivity contribution >= 4 is 34.0 Å². The molecule has 1 aliphatic carbocycles. The van der Waals surface area contributed by atoms with Gasteiger partial charge in [0.25, 0.3) is 0 Å². The summed E-state index contributed by atoms with van der Waals surface area (Å²) in [6.07, 6.45) is 3.58. The van der Waals surface area contributed by atoms with Gasteiger partial charge in [-0.2, -0.15) is 0 Å². The van der Waals surface area contributed by atoms with Crippen molar-refractivity contribution in [1.82, 2.24) is 4.90 Å². The summed E-state index contributed by atoms with van der Waals surface area (Å²) in [6.45, 7) is 1.76. The molecule has 0 radical (unpaired) electrons. The van der Waals surface area contributed by atoms with Gasteiger partial charge in [-0.15, -0.1) is 0 Å². The topological polar surface area (TPSA) is 83.7 Å². The zero-order valence-electron chi connectivity index (χ0n) is 16.7. The first-order chi connectivity index (χ1) is 14.4. The number of benzene rings is 2. The van der Waals surface area contributed by atoms with Gasteiger partial charge in [0.2, 0.25) is 0 Å². The first-order valence-corrected chi connectivity index (χ1v) is 11.8. The number of nitrogens with two attached hydrogens (primary N) is 1. The molecule has 0 bridgehead atoms. The SMILES string of the molecule is NCC1(c2cccc(Cl)c2)CCC(N2CCN(c3cccc([SH](=O)=O)c3)C2=O)CC1. The minimum Gasteiger partial charge on any atom is -0.330 e. The third-order valence-electron chi connectivity index (χ3n) is 6.57. The third kappa shape index (κ3) is 3.94. The van der Waals surface area contributed by atoms with Gasteiger partial charge >= 0.3 is 6.03 Å². The van der Waals surface area contributed by atoms with Crippen LogP contribution < -0.4 is 10.6 Å². The Bertz CT molecular complexity index is 1010. The first kappa shape index (κ1) is 21.2. The van der Waals surface area contributed by atoms with Gasteiger partial charge in [-0.05, 0) is 61.6 Å². The molecule has 0 atom stereocenters. The van der Waals surface area contributed by atoms with Crippen molar-refractivity contribution in [2.24, 2.45) is 5.73 Å². The van der Waals surface area contributed by atoms with E-state index in [4.69, 9.17) is 17.3 Å². The van der Waals surface area contributed by atoms with Crippen LogP contribution in [-0.4, -0.2) is 45.0 Å². The van der Waals surface area contributed by atoms with Crippen LogP contribution in [0.4, 0.5) is 10.5 Å². The molecule has 0 unspecified atom stereocenters. The summed E-state index contributed by atoms with van der Waals surface area (Å²) in [4.78, 5) is 16.9. The van der Waals surface area contributed by atoms with E-state index in [-0.39, 0.29) is 22.4 Å². The van der Waals surface area contributed by atoms with Gasteiger partial charge in [0.05, 0.1) is 4.90 Å². The van der Waals surface area contributed by atoms with E-state index >= 15 is 0 Å². The minimum absolute atomic E-state index is 0.0544. The smallest absolute Gasteiger partial charge is 0.324 e. The highest BCUT2D eigenvalue weighted by Gasteiger charge is 2.41. The van der Waals surface area contributed by atoms with Crippen LogP contribution in [0, 0.1) is 0 Å². The summed E-state index contributed by atoms with van der Waals surface area (Å²) in [5, 5.41) is 0.717. The lowest BCUT2D eigenvalue weighted by atomic mass is 9.68. The third-order valence-corrected chi connectivity index (χ3v) is 7.51. The molecule has 2 aliphatic rings. The molecule has 2 fully saturated rings. The van der Waals surface area contributed by atoms with Gasteiger partial charge in [-0.25, -0.2) is 13.2 Å². The Morgan fingerprint density at radius 1 is 1.07 bits per heavy atom. The number of halogens is 1. The number of amides is 2. The van der Waals surface area contributed by atoms with Crippen LogP contribution in [0.2, 0.25) is 5.02 Å². The number of hydrogen-bond donors (Lipinski definition) is 2. The molecule has 0 aromatic heterocycles. The average Bonchev–Trinajstić information content (AvgIpc) is 3.15. The Morgan fingerprint density at radius 3 is 2.47 bits per heavy atom. The summed E-state index contributed by atoms with van der Waals surface area (Å²) in [6, 6.07) is 14.6. The second-order valence-corrected chi connectivity index (χ2v) is 9.60. The Kier molecular flexibility index (Phi) is 6.04. The summed E-state index contributed by atoms with van der Waals surface area (Å²) in [5.41, 5.74) is 7.91. The molecule has 1 heterocycles. The van der Waals surface area contributed by atoms with E-state index in [0.717, 1.165) is 30.7 Å².